The maximum atomic E-state index is 12.2. The molecule has 82 valence electrons. The Labute approximate surface area is 79.1 Å². The first-order chi connectivity index (χ1) is 6.26. The highest BCUT2D eigenvalue weighted by Gasteiger charge is 2.47. The van der Waals surface area contributed by atoms with Crippen molar-refractivity contribution in [3.63, 3.8) is 0 Å². The normalized spacial score (nSPS) is 34.1. The smallest absolute Gasteiger partial charge is 0.391 e. The van der Waals surface area contributed by atoms with Crippen molar-refractivity contribution >= 4 is 5.97 Å². The van der Waals surface area contributed by atoms with Gasteiger partial charge in [-0.2, -0.15) is 13.2 Å². The highest BCUT2D eigenvalue weighted by atomic mass is 19.4. The van der Waals surface area contributed by atoms with Crippen molar-refractivity contribution in [2.45, 2.75) is 37.4 Å². The summed E-state index contributed by atoms with van der Waals surface area (Å²) in [7, 11) is 0. The fourth-order valence-corrected chi connectivity index (χ4v) is 1.67. The maximum absolute atomic E-state index is 12.2. The quantitative estimate of drug-likeness (QED) is 0.691. The molecular formula is C8H12F3NO2. The largest absolute Gasteiger partial charge is 0.480 e. The second-order valence-electron chi connectivity index (χ2n) is 3.78. The van der Waals surface area contributed by atoms with Gasteiger partial charge in [-0.3, -0.25) is 4.79 Å². The first-order valence-electron chi connectivity index (χ1n) is 4.35. The molecule has 1 saturated carbocycles. The van der Waals surface area contributed by atoms with E-state index in [1.54, 1.807) is 0 Å². The standard InChI is InChI=1S/C8H12F3NO2/c9-8(10,11)5-1-3-7(12,4-2-5)6(13)14/h5H,1-4,12H2,(H,13,14). The average Bonchev–Trinajstić information content (AvgIpc) is 2.03. The molecular weight excluding hydrogens is 199 g/mol. The monoisotopic (exact) mass is 211 g/mol. The topological polar surface area (TPSA) is 63.3 Å². The van der Waals surface area contributed by atoms with Gasteiger partial charge in [-0.15, -0.1) is 0 Å². The van der Waals surface area contributed by atoms with Crippen LogP contribution in [0.3, 0.4) is 0 Å². The highest BCUT2D eigenvalue weighted by Crippen LogP contribution is 2.40. The van der Waals surface area contributed by atoms with Gasteiger partial charge in [0, 0.05) is 0 Å². The molecule has 3 nitrogen and oxygen atoms in total. The lowest BCUT2D eigenvalue weighted by Gasteiger charge is -2.34. The van der Waals surface area contributed by atoms with Crippen LogP contribution < -0.4 is 5.73 Å². The third kappa shape index (κ3) is 2.17. The molecule has 0 unspecified atom stereocenters. The Kier molecular flexibility index (Phi) is 2.76. The Morgan fingerprint density at radius 2 is 1.79 bits per heavy atom. The van der Waals surface area contributed by atoms with E-state index < -0.39 is 23.6 Å². The Morgan fingerprint density at radius 1 is 1.36 bits per heavy atom. The summed E-state index contributed by atoms with van der Waals surface area (Å²) in [5.74, 6) is -2.60. The third-order valence-electron chi connectivity index (χ3n) is 2.77. The van der Waals surface area contributed by atoms with E-state index >= 15 is 0 Å². The van der Waals surface area contributed by atoms with Crippen LogP contribution in [0.1, 0.15) is 25.7 Å². The molecule has 1 aliphatic carbocycles. The van der Waals surface area contributed by atoms with Gasteiger partial charge in [-0.05, 0) is 25.7 Å². The lowest BCUT2D eigenvalue weighted by Crippen LogP contribution is -2.51. The van der Waals surface area contributed by atoms with Crippen molar-refractivity contribution in [2.75, 3.05) is 0 Å². The molecule has 6 heteroatoms. The zero-order valence-electron chi connectivity index (χ0n) is 7.47. The Hall–Kier alpha value is -0.780. The molecule has 0 saturated heterocycles. The second kappa shape index (κ2) is 3.42. The van der Waals surface area contributed by atoms with Crippen molar-refractivity contribution in [1.82, 2.24) is 0 Å². The summed E-state index contributed by atoms with van der Waals surface area (Å²) in [5, 5.41) is 8.68. The number of aliphatic carboxylic acids is 1. The van der Waals surface area contributed by atoms with E-state index in [1.807, 2.05) is 0 Å². The molecule has 0 heterocycles. The van der Waals surface area contributed by atoms with Crippen LogP contribution in [0.4, 0.5) is 13.2 Å². The summed E-state index contributed by atoms with van der Waals surface area (Å²) in [6, 6.07) is 0. The summed E-state index contributed by atoms with van der Waals surface area (Å²) in [6.45, 7) is 0. The second-order valence-corrected chi connectivity index (χ2v) is 3.78. The van der Waals surface area contributed by atoms with Gasteiger partial charge in [0.1, 0.15) is 5.54 Å². The number of hydrogen-bond acceptors (Lipinski definition) is 2. The first-order valence-corrected chi connectivity index (χ1v) is 4.35. The van der Waals surface area contributed by atoms with Crippen molar-refractivity contribution in [3.8, 4) is 0 Å². The fraction of sp³-hybridized carbons (Fsp3) is 0.875. The summed E-state index contributed by atoms with van der Waals surface area (Å²) in [5.41, 5.74) is 3.98. The number of rotatable bonds is 1. The number of nitrogens with two attached hydrogens (primary N) is 1. The van der Waals surface area contributed by atoms with E-state index in [4.69, 9.17) is 10.8 Å². The molecule has 0 bridgehead atoms. The summed E-state index contributed by atoms with van der Waals surface area (Å²) >= 11 is 0. The van der Waals surface area contributed by atoms with Crippen LogP contribution in [-0.4, -0.2) is 22.8 Å². The molecule has 0 atom stereocenters. The van der Waals surface area contributed by atoms with Crippen LogP contribution in [0.15, 0.2) is 0 Å². The molecule has 3 N–H and O–H groups in total. The molecule has 1 rings (SSSR count). The average molecular weight is 211 g/mol. The number of carbonyl (C=O) groups is 1. The molecule has 0 aromatic rings. The lowest BCUT2D eigenvalue weighted by atomic mass is 9.77. The number of hydrogen-bond donors (Lipinski definition) is 2. The Bertz CT molecular complexity index is 231. The van der Waals surface area contributed by atoms with Gasteiger partial charge in [0.15, 0.2) is 0 Å². The SMILES string of the molecule is NC1(C(=O)O)CCC(C(F)(F)F)CC1. The zero-order valence-corrected chi connectivity index (χ0v) is 7.47. The van der Waals surface area contributed by atoms with Gasteiger partial charge in [0.05, 0.1) is 5.92 Å². The minimum atomic E-state index is -4.22. The molecule has 0 aromatic carbocycles. The van der Waals surface area contributed by atoms with Gasteiger partial charge >= 0.3 is 12.1 Å². The molecule has 0 radical (unpaired) electrons. The van der Waals surface area contributed by atoms with Crippen LogP contribution in [0.5, 0.6) is 0 Å². The molecule has 0 spiro atoms. The van der Waals surface area contributed by atoms with Crippen LogP contribution in [0, 0.1) is 5.92 Å². The van der Waals surface area contributed by atoms with Crippen molar-refractivity contribution < 1.29 is 23.1 Å². The van der Waals surface area contributed by atoms with E-state index in [1.165, 1.54) is 0 Å². The third-order valence-corrected chi connectivity index (χ3v) is 2.77. The maximum Gasteiger partial charge on any atom is 0.391 e. The van der Waals surface area contributed by atoms with Crippen molar-refractivity contribution in [2.24, 2.45) is 11.7 Å². The predicted octanol–water partition coefficient (Wildman–Crippen LogP) is 1.52. The fourth-order valence-electron chi connectivity index (χ4n) is 1.67. The molecule has 0 amide bonds. The lowest BCUT2D eigenvalue weighted by molar-refractivity contribution is -0.187. The van der Waals surface area contributed by atoms with Gasteiger partial charge in [-0.25, -0.2) is 0 Å². The minimum absolute atomic E-state index is 0.105. The summed E-state index contributed by atoms with van der Waals surface area (Å²) in [6.07, 6.45) is -4.81. The van der Waals surface area contributed by atoms with Gasteiger partial charge in [0.25, 0.3) is 0 Å². The van der Waals surface area contributed by atoms with Crippen LogP contribution in [0.2, 0.25) is 0 Å². The molecule has 0 aromatic heterocycles. The van der Waals surface area contributed by atoms with E-state index in [2.05, 4.69) is 0 Å². The van der Waals surface area contributed by atoms with E-state index in [0.717, 1.165) is 0 Å². The Balaban J connectivity index is 2.59. The molecule has 0 aliphatic heterocycles. The number of carboxylic acids is 1. The Morgan fingerprint density at radius 3 is 2.07 bits per heavy atom. The number of alkyl halides is 3. The van der Waals surface area contributed by atoms with Gasteiger partial charge in [0.2, 0.25) is 0 Å². The number of halogens is 3. The van der Waals surface area contributed by atoms with Crippen molar-refractivity contribution in [3.05, 3.63) is 0 Å². The molecule has 1 fully saturated rings. The number of carboxylic acid groups (broad SMARTS) is 1. The van der Waals surface area contributed by atoms with Gasteiger partial charge in [-0.1, -0.05) is 0 Å². The van der Waals surface area contributed by atoms with Crippen LogP contribution in [0.25, 0.3) is 0 Å². The zero-order chi connectivity index (χ0) is 11.0. The summed E-state index contributed by atoms with van der Waals surface area (Å²) < 4.78 is 36.6. The van der Waals surface area contributed by atoms with E-state index in [-0.39, 0.29) is 25.7 Å². The highest BCUT2D eigenvalue weighted by molar-refractivity contribution is 5.78. The van der Waals surface area contributed by atoms with Crippen LogP contribution in [-0.2, 0) is 4.79 Å². The van der Waals surface area contributed by atoms with Gasteiger partial charge < -0.3 is 10.8 Å². The first kappa shape index (κ1) is 11.3. The van der Waals surface area contributed by atoms with E-state index in [9.17, 15) is 18.0 Å². The van der Waals surface area contributed by atoms with Crippen LogP contribution >= 0.6 is 0 Å². The minimum Gasteiger partial charge on any atom is -0.480 e. The van der Waals surface area contributed by atoms with E-state index in [0.29, 0.717) is 0 Å². The summed E-state index contributed by atoms with van der Waals surface area (Å²) in [4.78, 5) is 10.6. The molecule has 1 aliphatic rings. The molecule has 14 heavy (non-hydrogen) atoms. The predicted molar refractivity (Wildman–Crippen MR) is 42.6 cm³/mol. The van der Waals surface area contributed by atoms with Crippen molar-refractivity contribution in [1.29, 1.82) is 0 Å².